The Labute approximate surface area is 186 Å². The Balaban J connectivity index is 1.45. The van der Waals surface area contributed by atoms with E-state index in [0.717, 1.165) is 5.56 Å². The van der Waals surface area contributed by atoms with Gasteiger partial charge >= 0.3 is 0 Å². The van der Waals surface area contributed by atoms with Crippen LogP contribution >= 0.6 is 0 Å². The van der Waals surface area contributed by atoms with Crippen LogP contribution in [0.2, 0.25) is 0 Å². The van der Waals surface area contributed by atoms with Crippen molar-refractivity contribution in [1.82, 2.24) is 19.2 Å². The Kier molecular flexibility index (Phi) is 6.12. The molecular weight excluding hydrogens is 431 g/mol. The van der Waals surface area contributed by atoms with Crippen molar-refractivity contribution >= 4 is 15.9 Å². The number of aromatic nitrogens is 2. The SMILES string of the molecule is Cc1ccc(S(=O)(=O)N2CCC[C@H]2C(=O)NCc2ccc(-n3ccnc3C)c(F)c2)cc1. The summed E-state index contributed by atoms with van der Waals surface area (Å²) in [7, 11) is -3.77. The van der Waals surface area contributed by atoms with Gasteiger partial charge in [0, 0.05) is 25.5 Å². The number of nitrogens with one attached hydrogen (secondary N) is 1. The molecule has 168 valence electrons. The summed E-state index contributed by atoms with van der Waals surface area (Å²) >= 11 is 0. The van der Waals surface area contributed by atoms with Crippen LogP contribution in [0, 0.1) is 19.7 Å². The number of sulfonamides is 1. The Bertz CT molecular complexity index is 1240. The van der Waals surface area contributed by atoms with Gasteiger partial charge in [0.15, 0.2) is 0 Å². The van der Waals surface area contributed by atoms with E-state index in [9.17, 15) is 17.6 Å². The fraction of sp³-hybridized carbons (Fsp3) is 0.304. The van der Waals surface area contributed by atoms with Crippen LogP contribution in [0.4, 0.5) is 4.39 Å². The van der Waals surface area contributed by atoms with Crippen molar-refractivity contribution in [2.75, 3.05) is 6.54 Å². The molecule has 0 bridgehead atoms. The quantitative estimate of drug-likeness (QED) is 0.618. The van der Waals surface area contributed by atoms with E-state index in [4.69, 9.17) is 0 Å². The molecule has 32 heavy (non-hydrogen) atoms. The number of carbonyl (C=O) groups excluding carboxylic acids is 1. The van der Waals surface area contributed by atoms with Crippen molar-refractivity contribution in [3.05, 3.63) is 77.6 Å². The Morgan fingerprint density at radius 3 is 2.59 bits per heavy atom. The number of imidazole rings is 1. The molecule has 0 saturated carbocycles. The highest BCUT2D eigenvalue weighted by atomic mass is 32.2. The molecular formula is C23H25FN4O3S. The minimum absolute atomic E-state index is 0.105. The summed E-state index contributed by atoms with van der Waals surface area (Å²) in [6, 6.07) is 10.5. The van der Waals surface area contributed by atoms with Crippen molar-refractivity contribution in [3.63, 3.8) is 0 Å². The predicted molar refractivity (Wildman–Crippen MR) is 118 cm³/mol. The number of benzene rings is 2. The monoisotopic (exact) mass is 456 g/mol. The molecule has 1 aliphatic heterocycles. The van der Waals surface area contributed by atoms with Crippen LogP contribution in [-0.4, -0.2) is 40.8 Å². The number of hydrogen-bond donors (Lipinski definition) is 1. The molecule has 1 aromatic heterocycles. The highest BCUT2D eigenvalue weighted by Gasteiger charge is 2.39. The lowest BCUT2D eigenvalue weighted by Gasteiger charge is -2.23. The third kappa shape index (κ3) is 4.31. The molecule has 1 N–H and O–H groups in total. The van der Waals surface area contributed by atoms with E-state index in [2.05, 4.69) is 10.3 Å². The molecule has 1 atom stereocenters. The Morgan fingerprint density at radius 1 is 1.19 bits per heavy atom. The van der Waals surface area contributed by atoms with Gasteiger partial charge in [-0.2, -0.15) is 4.31 Å². The van der Waals surface area contributed by atoms with Crippen molar-refractivity contribution in [2.24, 2.45) is 0 Å². The summed E-state index contributed by atoms with van der Waals surface area (Å²) in [6.07, 6.45) is 4.33. The highest BCUT2D eigenvalue weighted by Crippen LogP contribution is 2.26. The molecule has 1 amide bonds. The number of nitrogens with zero attached hydrogens (tertiary/aromatic N) is 3. The maximum absolute atomic E-state index is 14.6. The van der Waals surface area contributed by atoms with Gasteiger partial charge in [-0.3, -0.25) is 4.79 Å². The first-order valence-corrected chi connectivity index (χ1v) is 11.9. The third-order valence-corrected chi connectivity index (χ3v) is 7.62. The number of amides is 1. The average molecular weight is 457 g/mol. The molecule has 0 unspecified atom stereocenters. The van der Waals surface area contributed by atoms with Crippen molar-refractivity contribution in [3.8, 4) is 5.69 Å². The molecule has 0 spiro atoms. The van der Waals surface area contributed by atoms with Gasteiger partial charge in [0.1, 0.15) is 17.7 Å². The third-order valence-electron chi connectivity index (χ3n) is 5.70. The van der Waals surface area contributed by atoms with E-state index < -0.39 is 21.9 Å². The van der Waals surface area contributed by atoms with E-state index in [1.807, 2.05) is 6.92 Å². The molecule has 1 fully saturated rings. The molecule has 0 aliphatic carbocycles. The molecule has 9 heteroatoms. The standard InChI is InChI=1S/C23H25FN4O3S/c1-16-5-8-19(9-6-16)32(30,31)28-12-3-4-22(28)23(29)26-15-18-7-10-21(20(24)14-18)27-13-11-25-17(27)2/h5-11,13-14,22H,3-4,12,15H2,1-2H3,(H,26,29)/t22-/m0/s1. The second kappa shape index (κ2) is 8.84. The van der Waals surface area contributed by atoms with Crippen LogP contribution in [0.3, 0.4) is 0 Å². The second-order valence-electron chi connectivity index (χ2n) is 7.93. The summed E-state index contributed by atoms with van der Waals surface area (Å²) in [4.78, 5) is 17.1. The zero-order valence-electron chi connectivity index (χ0n) is 18.0. The maximum atomic E-state index is 14.6. The first-order valence-electron chi connectivity index (χ1n) is 10.4. The van der Waals surface area contributed by atoms with Gasteiger partial charge in [-0.15, -0.1) is 0 Å². The van der Waals surface area contributed by atoms with Crippen molar-refractivity contribution in [1.29, 1.82) is 0 Å². The van der Waals surface area contributed by atoms with Gasteiger partial charge in [-0.25, -0.2) is 17.8 Å². The molecule has 1 aliphatic rings. The molecule has 7 nitrogen and oxygen atoms in total. The minimum Gasteiger partial charge on any atom is -0.351 e. The van der Waals surface area contributed by atoms with Crippen molar-refractivity contribution in [2.45, 2.75) is 44.2 Å². The normalized spacial score (nSPS) is 16.9. The van der Waals surface area contributed by atoms with E-state index in [1.165, 1.54) is 10.4 Å². The summed E-state index contributed by atoms with van der Waals surface area (Å²) in [6.45, 7) is 4.07. The molecule has 3 aromatic rings. The molecule has 2 aromatic carbocycles. The fourth-order valence-electron chi connectivity index (χ4n) is 3.93. The molecule has 0 radical (unpaired) electrons. The van der Waals surface area contributed by atoms with Gasteiger partial charge in [0.05, 0.1) is 10.6 Å². The van der Waals surface area contributed by atoms with Gasteiger partial charge in [0.25, 0.3) is 0 Å². The zero-order valence-corrected chi connectivity index (χ0v) is 18.8. The predicted octanol–water partition coefficient (Wildman–Crippen LogP) is 3.10. The lowest BCUT2D eigenvalue weighted by atomic mass is 10.1. The van der Waals surface area contributed by atoms with E-state index >= 15 is 0 Å². The first kappa shape index (κ1) is 22.2. The average Bonchev–Trinajstić information content (AvgIpc) is 3.42. The largest absolute Gasteiger partial charge is 0.351 e. The summed E-state index contributed by atoms with van der Waals surface area (Å²) in [5.74, 6) is -0.142. The highest BCUT2D eigenvalue weighted by molar-refractivity contribution is 7.89. The number of carbonyl (C=O) groups is 1. The molecule has 4 rings (SSSR count). The zero-order chi connectivity index (χ0) is 22.9. The number of hydrogen-bond acceptors (Lipinski definition) is 4. The Hall–Kier alpha value is -3.04. The van der Waals surface area contributed by atoms with Crippen LogP contribution < -0.4 is 5.32 Å². The number of aryl methyl sites for hydroxylation is 2. The second-order valence-corrected chi connectivity index (χ2v) is 9.83. The van der Waals surface area contributed by atoms with Gasteiger partial charge in [0.2, 0.25) is 15.9 Å². The topological polar surface area (TPSA) is 84.3 Å². The minimum atomic E-state index is -3.77. The maximum Gasteiger partial charge on any atom is 0.243 e. The smallest absolute Gasteiger partial charge is 0.243 e. The van der Waals surface area contributed by atoms with Gasteiger partial charge < -0.3 is 9.88 Å². The molecule has 1 saturated heterocycles. The van der Waals surface area contributed by atoms with E-state index in [-0.39, 0.29) is 17.3 Å². The molecule has 2 heterocycles. The summed E-state index contributed by atoms with van der Waals surface area (Å²) in [5.41, 5.74) is 1.92. The lowest BCUT2D eigenvalue weighted by molar-refractivity contribution is -0.124. The van der Waals surface area contributed by atoms with Crippen LogP contribution in [0.1, 0.15) is 29.8 Å². The summed E-state index contributed by atoms with van der Waals surface area (Å²) in [5, 5.41) is 2.77. The number of rotatable bonds is 6. The van der Waals surface area contributed by atoms with Crippen LogP contribution in [0.25, 0.3) is 5.69 Å². The van der Waals surface area contributed by atoms with Crippen LogP contribution in [-0.2, 0) is 21.4 Å². The van der Waals surface area contributed by atoms with Gasteiger partial charge in [-0.1, -0.05) is 23.8 Å². The van der Waals surface area contributed by atoms with Crippen LogP contribution in [0.5, 0.6) is 0 Å². The lowest BCUT2D eigenvalue weighted by Crippen LogP contribution is -2.45. The Morgan fingerprint density at radius 2 is 1.94 bits per heavy atom. The van der Waals surface area contributed by atoms with E-state index in [0.29, 0.717) is 36.5 Å². The van der Waals surface area contributed by atoms with Gasteiger partial charge in [-0.05, 0) is 56.5 Å². The fourth-order valence-corrected chi connectivity index (χ4v) is 5.59. The summed E-state index contributed by atoms with van der Waals surface area (Å²) < 4.78 is 43.6. The van der Waals surface area contributed by atoms with Crippen LogP contribution in [0.15, 0.2) is 59.8 Å². The van der Waals surface area contributed by atoms with Crippen molar-refractivity contribution < 1.29 is 17.6 Å². The number of halogens is 1. The first-order chi connectivity index (χ1) is 15.3. The van der Waals surface area contributed by atoms with E-state index in [1.54, 1.807) is 60.3 Å².